The molecule has 2 amide bonds. The molecular formula is C30H30ClFN8O4. The van der Waals surface area contributed by atoms with E-state index in [2.05, 4.69) is 9.97 Å². The minimum atomic E-state index is -1.16. The first-order chi connectivity index (χ1) is 20.8. The Bertz CT molecular complexity index is 1950. The summed E-state index contributed by atoms with van der Waals surface area (Å²) in [5.74, 6) is -1.23. The highest BCUT2D eigenvalue weighted by Crippen LogP contribution is 2.43. The summed E-state index contributed by atoms with van der Waals surface area (Å²) in [4.78, 5) is 58.0. The molecule has 4 aromatic heterocycles. The summed E-state index contributed by atoms with van der Waals surface area (Å²) in [6.07, 6.45) is 0.494. The van der Waals surface area contributed by atoms with E-state index in [-0.39, 0.29) is 58.0 Å². The molecule has 228 valence electrons. The second-order valence-corrected chi connectivity index (χ2v) is 11.9. The van der Waals surface area contributed by atoms with Crippen LogP contribution in [0.5, 0.6) is 0 Å². The van der Waals surface area contributed by atoms with E-state index in [1.54, 1.807) is 24.1 Å². The molecule has 0 saturated carbocycles. The van der Waals surface area contributed by atoms with Crippen LogP contribution in [0.1, 0.15) is 37.9 Å². The van der Waals surface area contributed by atoms with E-state index in [4.69, 9.17) is 22.3 Å². The zero-order valence-electron chi connectivity index (χ0n) is 24.7. The predicted molar refractivity (Wildman–Crippen MR) is 165 cm³/mol. The molecule has 2 aliphatic heterocycles. The van der Waals surface area contributed by atoms with Gasteiger partial charge in [-0.2, -0.15) is 0 Å². The molecule has 0 bridgehead atoms. The lowest BCUT2D eigenvalue weighted by Crippen LogP contribution is -2.66. The molecule has 1 fully saturated rings. The summed E-state index contributed by atoms with van der Waals surface area (Å²) >= 11 is 6.42. The van der Waals surface area contributed by atoms with Gasteiger partial charge in [-0.15, -0.1) is 0 Å². The highest BCUT2D eigenvalue weighted by Gasteiger charge is 2.46. The Labute approximate surface area is 256 Å². The van der Waals surface area contributed by atoms with Gasteiger partial charge >= 0.3 is 6.09 Å². The summed E-state index contributed by atoms with van der Waals surface area (Å²) in [5.41, 5.74) is 7.34. The van der Waals surface area contributed by atoms with Gasteiger partial charge in [0.2, 0.25) is 0 Å². The highest BCUT2D eigenvalue weighted by atomic mass is 35.5. The number of halogens is 2. The van der Waals surface area contributed by atoms with Crippen molar-refractivity contribution < 1.29 is 19.1 Å². The molecule has 6 rings (SSSR count). The number of nitrogens with zero attached hydrogens (tertiary/aromatic N) is 7. The van der Waals surface area contributed by atoms with Crippen LogP contribution in [0.3, 0.4) is 0 Å². The van der Waals surface area contributed by atoms with Crippen LogP contribution in [0, 0.1) is 12.7 Å². The van der Waals surface area contributed by atoms with Gasteiger partial charge in [-0.25, -0.2) is 19.2 Å². The standard InChI is InChI=1S/C30H30ClFN8O4/c1-13(2)21-24(14(3)8-9-34-21)40-27-16(10-18(32)23(36-27)22-17(31)6-7-20(33)35-22)25-26(29(40)42)37(5)28(41)19-12-38(30(43)44)15(4)11-39(19)25/h6-10,13,15,19H,11-12H2,1-5H3,(H2,33,35)(H,43,44)/t15-,19-/m1/s1. The Morgan fingerprint density at radius 3 is 2.52 bits per heavy atom. The van der Waals surface area contributed by atoms with E-state index in [1.807, 2.05) is 20.8 Å². The van der Waals surface area contributed by atoms with E-state index >= 15 is 4.39 Å². The number of likely N-dealkylation sites (N-methyl/N-ethyl adjacent to an activating group) is 1. The zero-order valence-corrected chi connectivity index (χ0v) is 25.4. The first kappa shape index (κ1) is 29.3. The van der Waals surface area contributed by atoms with Gasteiger partial charge < -0.3 is 25.5 Å². The zero-order chi connectivity index (χ0) is 31.8. The first-order valence-electron chi connectivity index (χ1n) is 14.0. The molecule has 12 nitrogen and oxygen atoms in total. The molecule has 4 aromatic rings. The topological polar surface area (TPSA) is 151 Å². The van der Waals surface area contributed by atoms with Crippen LogP contribution in [0.25, 0.3) is 28.1 Å². The number of piperazine rings is 1. The fourth-order valence-corrected chi connectivity index (χ4v) is 6.36. The van der Waals surface area contributed by atoms with Crippen LogP contribution >= 0.6 is 11.6 Å². The van der Waals surface area contributed by atoms with Gasteiger partial charge in [0.25, 0.3) is 11.5 Å². The van der Waals surface area contributed by atoms with Crippen molar-refractivity contribution in [1.82, 2.24) is 24.4 Å². The quantitative estimate of drug-likeness (QED) is 0.344. The summed E-state index contributed by atoms with van der Waals surface area (Å²) < 4.78 is 17.5. The third kappa shape index (κ3) is 4.33. The number of nitrogens with two attached hydrogens (primary N) is 1. The van der Waals surface area contributed by atoms with Crippen LogP contribution in [-0.2, 0) is 4.79 Å². The Morgan fingerprint density at radius 2 is 1.84 bits per heavy atom. The lowest BCUT2D eigenvalue weighted by atomic mass is 9.98. The van der Waals surface area contributed by atoms with Crippen molar-refractivity contribution in [3.05, 3.63) is 62.9 Å². The second-order valence-electron chi connectivity index (χ2n) is 11.5. The molecular weight excluding hydrogens is 591 g/mol. The largest absolute Gasteiger partial charge is 0.465 e. The van der Waals surface area contributed by atoms with E-state index in [9.17, 15) is 19.5 Å². The third-order valence-corrected chi connectivity index (χ3v) is 8.60. The molecule has 1 saturated heterocycles. The Morgan fingerprint density at radius 1 is 1.11 bits per heavy atom. The Hall–Kier alpha value is -4.78. The van der Waals surface area contributed by atoms with Gasteiger partial charge in [0.05, 0.1) is 28.6 Å². The van der Waals surface area contributed by atoms with E-state index in [0.29, 0.717) is 22.6 Å². The number of aromatic nitrogens is 4. The van der Waals surface area contributed by atoms with Crippen LogP contribution < -0.4 is 21.1 Å². The number of carboxylic acid groups (broad SMARTS) is 1. The molecule has 0 radical (unpaired) electrons. The van der Waals surface area contributed by atoms with Crippen molar-refractivity contribution in [1.29, 1.82) is 0 Å². The van der Waals surface area contributed by atoms with E-state index in [1.165, 1.54) is 39.6 Å². The van der Waals surface area contributed by atoms with Gasteiger partial charge in [-0.1, -0.05) is 25.4 Å². The average Bonchev–Trinajstić information content (AvgIpc) is 2.96. The molecule has 6 heterocycles. The summed E-state index contributed by atoms with van der Waals surface area (Å²) in [6, 6.07) is 4.53. The molecule has 0 spiro atoms. The van der Waals surface area contributed by atoms with E-state index < -0.39 is 35.5 Å². The maximum Gasteiger partial charge on any atom is 0.407 e. The number of nitrogen functional groups attached to an aromatic ring is 1. The Balaban J connectivity index is 1.77. The van der Waals surface area contributed by atoms with Crippen LogP contribution in [0.2, 0.25) is 5.02 Å². The number of rotatable bonds is 3. The number of hydrogen-bond donors (Lipinski definition) is 2. The number of anilines is 3. The second kappa shape index (κ2) is 10.4. The van der Waals surface area contributed by atoms with Gasteiger partial charge in [0.1, 0.15) is 28.9 Å². The SMILES string of the molecule is Cc1ccnc(C(C)C)c1-n1c(=O)c2c(c3cc(F)c(-c4nc(N)ccc4Cl)nc31)N1C[C@@H](C)N(C(=O)O)C[C@@H]1C(=O)N2C. The lowest BCUT2D eigenvalue weighted by Gasteiger charge is -2.49. The maximum atomic E-state index is 16.2. The molecule has 0 aromatic carbocycles. The monoisotopic (exact) mass is 620 g/mol. The minimum absolute atomic E-state index is 0.00338. The molecule has 3 N–H and O–H groups in total. The van der Waals surface area contributed by atoms with Crippen LogP contribution in [-0.4, -0.2) is 73.7 Å². The molecule has 2 aliphatic rings. The van der Waals surface area contributed by atoms with Crippen LogP contribution in [0.15, 0.2) is 35.3 Å². The number of hydrogen-bond acceptors (Lipinski definition) is 8. The predicted octanol–water partition coefficient (Wildman–Crippen LogP) is 4.18. The molecule has 0 unspecified atom stereocenters. The normalized spacial score (nSPS) is 18.2. The first-order valence-corrected chi connectivity index (χ1v) is 14.4. The van der Waals surface area contributed by atoms with Gasteiger partial charge in [-0.3, -0.25) is 19.1 Å². The summed E-state index contributed by atoms with van der Waals surface area (Å²) in [6.45, 7) is 7.40. The number of aryl methyl sites for hydroxylation is 1. The van der Waals surface area contributed by atoms with Crippen molar-refractivity contribution in [2.24, 2.45) is 0 Å². The fraction of sp³-hybridized carbons (Fsp3) is 0.333. The van der Waals surface area contributed by atoms with Gasteiger partial charge in [0.15, 0.2) is 11.5 Å². The maximum absolute atomic E-state index is 16.2. The lowest BCUT2D eigenvalue weighted by molar-refractivity contribution is -0.120. The number of carbonyl (C=O) groups excluding carboxylic acids is 1. The van der Waals surface area contributed by atoms with Crippen molar-refractivity contribution in [2.75, 3.05) is 35.7 Å². The van der Waals surface area contributed by atoms with Crippen molar-refractivity contribution in [2.45, 2.75) is 45.7 Å². The van der Waals surface area contributed by atoms with Gasteiger partial charge in [0, 0.05) is 31.2 Å². The highest BCUT2D eigenvalue weighted by molar-refractivity contribution is 6.33. The molecule has 2 atom stereocenters. The number of fused-ring (bicyclic) bond motifs is 5. The smallest absolute Gasteiger partial charge is 0.407 e. The number of pyridine rings is 4. The average molecular weight is 621 g/mol. The Kier molecular flexibility index (Phi) is 6.95. The van der Waals surface area contributed by atoms with Crippen LogP contribution in [0.4, 0.5) is 26.4 Å². The van der Waals surface area contributed by atoms with Crippen molar-refractivity contribution >= 4 is 51.8 Å². The minimum Gasteiger partial charge on any atom is -0.465 e. The number of amides is 2. The molecule has 14 heteroatoms. The molecule has 44 heavy (non-hydrogen) atoms. The fourth-order valence-electron chi connectivity index (χ4n) is 6.16. The van der Waals surface area contributed by atoms with Gasteiger partial charge in [-0.05, 0) is 49.6 Å². The van der Waals surface area contributed by atoms with Crippen molar-refractivity contribution in [3.8, 4) is 17.1 Å². The van der Waals surface area contributed by atoms with E-state index in [0.717, 1.165) is 0 Å². The molecule has 0 aliphatic carbocycles. The number of carbonyl (C=O) groups is 2. The van der Waals surface area contributed by atoms with Crippen molar-refractivity contribution in [3.63, 3.8) is 0 Å². The third-order valence-electron chi connectivity index (χ3n) is 8.29. The summed E-state index contributed by atoms with van der Waals surface area (Å²) in [5, 5.41) is 10.1. The summed E-state index contributed by atoms with van der Waals surface area (Å²) in [7, 11) is 1.47.